The first-order chi connectivity index (χ1) is 14.2. The minimum Gasteiger partial charge on any atom is -0.465 e. The van der Waals surface area contributed by atoms with E-state index in [0.717, 1.165) is 31.3 Å². The number of ether oxygens (including phenoxy) is 1. The third-order valence-electron chi connectivity index (χ3n) is 3.90. The number of nitrogens with zero attached hydrogens (tertiary/aromatic N) is 1. The van der Waals surface area contributed by atoms with Crippen molar-refractivity contribution in [3.05, 3.63) is 52.0 Å². The summed E-state index contributed by atoms with van der Waals surface area (Å²) in [4.78, 5) is 12.0. The Morgan fingerprint density at radius 2 is 1.80 bits per heavy atom. The highest BCUT2D eigenvalue weighted by Crippen LogP contribution is 2.37. The molecule has 0 atom stereocenters. The molecule has 2 rings (SSSR count). The van der Waals surface area contributed by atoms with Crippen LogP contribution in [0.5, 0.6) is 0 Å². The number of hydrogen-bond donors (Lipinski definition) is 2. The summed E-state index contributed by atoms with van der Waals surface area (Å²) in [5.74, 6) is 5.74. The molecule has 162 valence electrons. The van der Waals surface area contributed by atoms with Crippen LogP contribution in [0.3, 0.4) is 0 Å². The number of nitrogen functional groups attached to an aromatic ring is 1. The number of esters is 1. The van der Waals surface area contributed by atoms with Gasteiger partial charge < -0.3 is 10.5 Å². The molecule has 4 N–H and O–H groups in total. The maximum absolute atomic E-state index is 13.6. The van der Waals surface area contributed by atoms with Crippen LogP contribution in [0.15, 0.2) is 24.3 Å². The lowest BCUT2D eigenvalue weighted by Crippen LogP contribution is -2.29. The summed E-state index contributed by atoms with van der Waals surface area (Å²) in [5.41, 5.74) is 6.62. The number of nitrogens with two attached hydrogens (primary N) is 2. The second kappa shape index (κ2) is 13.0. The van der Waals surface area contributed by atoms with E-state index in [4.69, 9.17) is 27.9 Å². The van der Waals surface area contributed by atoms with Crippen LogP contribution in [0.25, 0.3) is 11.1 Å². The normalized spacial score (nSPS) is 10.0. The first kappa shape index (κ1) is 26.5. The standard InChI is InChI=1S/C16H9ClF2INO2S.C4H12N2/c1-23-16(22)12-7-13(17)11(2-3-24-20)15(21)14(12)8-4-9(18)6-10(19)5-8;1-3-6(5)4-2/h4-7H,21H2,1H3;3-5H2,1-2H3. The fourth-order valence-corrected chi connectivity index (χ4v) is 3.10. The summed E-state index contributed by atoms with van der Waals surface area (Å²) in [6, 6.07) is 4.18. The van der Waals surface area contributed by atoms with Gasteiger partial charge in [-0.25, -0.2) is 18.6 Å². The van der Waals surface area contributed by atoms with E-state index in [1.807, 2.05) is 35.1 Å². The third kappa shape index (κ3) is 7.28. The molecule has 0 aliphatic rings. The van der Waals surface area contributed by atoms with Crippen molar-refractivity contribution in [3.8, 4) is 22.3 Å². The molecule has 5 nitrogen and oxygen atoms in total. The number of rotatable bonds is 4. The van der Waals surface area contributed by atoms with Crippen molar-refractivity contribution in [1.29, 1.82) is 0 Å². The molecule has 0 spiro atoms. The first-order valence-corrected chi connectivity index (χ1v) is 12.4. The quantitative estimate of drug-likeness (QED) is 0.131. The number of hydrogen-bond acceptors (Lipinski definition) is 6. The number of benzene rings is 2. The lowest BCUT2D eigenvalue weighted by Gasteiger charge is -2.15. The molecule has 2 aromatic rings. The molecule has 0 saturated heterocycles. The molecule has 0 radical (unpaired) electrons. The van der Waals surface area contributed by atoms with Crippen LogP contribution < -0.4 is 11.6 Å². The lowest BCUT2D eigenvalue weighted by atomic mass is 9.94. The maximum atomic E-state index is 13.6. The van der Waals surface area contributed by atoms with Gasteiger partial charge in [-0.3, -0.25) is 5.84 Å². The van der Waals surface area contributed by atoms with Gasteiger partial charge >= 0.3 is 5.97 Å². The van der Waals surface area contributed by atoms with Crippen molar-refractivity contribution in [3.63, 3.8) is 0 Å². The number of carbonyl (C=O) groups excluding carboxylic acids is 1. The Bertz CT molecular complexity index is 943. The fourth-order valence-electron chi connectivity index (χ4n) is 2.37. The van der Waals surface area contributed by atoms with E-state index >= 15 is 0 Å². The molecule has 10 heteroatoms. The number of halogens is 4. The van der Waals surface area contributed by atoms with Crippen molar-refractivity contribution < 1.29 is 18.3 Å². The van der Waals surface area contributed by atoms with E-state index in [1.165, 1.54) is 22.1 Å². The second-order valence-corrected chi connectivity index (χ2v) is 7.83. The maximum Gasteiger partial charge on any atom is 0.338 e. The summed E-state index contributed by atoms with van der Waals surface area (Å²) in [7, 11) is 2.40. The van der Waals surface area contributed by atoms with Gasteiger partial charge in [-0.15, -0.1) is 0 Å². The second-order valence-electron chi connectivity index (χ2n) is 5.74. The molecule has 0 unspecified atom stereocenters. The highest BCUT2D eigenvalue weighted by Gasteiger charge is 2.22. The first-order valence-electron chi connectivity index (χ1n) is 8.64. The van der Waals surface area contributed by atoms with Crippen LogP contribution in [-0.4, -0.2) is 31.2 Å². The zero-order valence-electron chi connectivity index (χ0n) is 16.6. The Labute approximate surface area is 196 Å². The molecule has 0 saturated carbocycles. The van der Waals surface area contributed by atoms with Crippen molar-refractivity contribution in [2.24, 2.45) is 5.84 Å². The van der Waals surface area contributed by atoms with Gasteiger partial charge in [-0.05, 0) is 37.9 Å². The van der Waals surface area contributed by atoms with E-state index in [0.29, 0.717) is 0 Å². The van der Waals surface area contributed by atoms with Crippen LogP contribution in [0.4, 0.5) is 14.5 Å². The largest absolute Gasteiger partial charge is 0.465 e. The summed E-state index contributed by atoms with van der Waals surface area (Å²) in [6.07, 6.45) is 0. The van der Waals surface area contributed by atoms with Gasteiger partial charge in [0.2, 0.25) is 0 Å². The van der Waals surface area contributed by atoms with Gasteiger partial charge in [-0.2, -0.15) is 0 Å². The average Bonchev–Trinajstić information content (AvgIpc) is 2.71. The average molecular weight is 568 g/mol. The molecule has 30 heavy (non-hydrogen) atoms. The molecular weight excluding hydrogens is 547 g/mol. The van der Waals surface area contributed by atoms with Crippen LogP contribution in [0, 0.1) is 22.8 Å². The van der Waals surface area contributed by atoms with Gasteiger partial charge in [0.15, 0.2) is 0 Å². The molecular formula is C20H21ClF2IN3O2S. The summed E-state index contributed by atoms with van der Waals surface area (Å²) < 4.78 is 31.9. The van der Waals surface area contributed by atoms with Crippen LogP contribution in [-0.2, 0) is 4.74 Å². The Morgan fingerprint density at radius 1 is 1.23 bits per heavy atom. The van der Waals surface area contributed by atoms with Gasteiger partial charge in [0.1, 0.15) is 11.6 Å². The minimum absolute atomic E-state index is 0.00215. The summed E-state index contributed by atoms with van der Waals surface area (Å²) >= 11 is 8.12. The van der Waals surface area contributed by atoms with Crippen LogP contribution >= 0.6 is 41.7 Å². The van der Waals surface area contributed by atoms with Gasteiger partial charge in [-0.1, -0.05) is 31.4 Å². The van der Waals surface area contributed by atoms with Crippen molar-refractivity contribution >= 4 is 53.4 Å². The van der Waals surface area contributed by atoms with Crippen molar-refractivity contribution in [1.82, 2.24) is 5.01 Å². The summed E-state index contributed by atoms with van der Waals surface area (Å²) in [5, 5.41) is 4.63. The molecule has 0 bridgehead atoms. The number of anilines is 1. The predicted octanol–water partition coefficient (Wildman–Crippen LogP) is 5.25. The molecule has 0 aromatic heterocycles. The highest BCUT2D eigenvalue weighted by molar-refractivity contribution is 14.2. The molecule has 0 aliphatic carbocycles. The monoisotopic (exact) mass is 567 g/mol. The number of carbonyl (C=O) groups is 1. The smallest absolute Gasteiger partial charge is 0.338 e. The van der Waals surface area contributed by atoms with Crippen molar-refractivity contribution in [2.75, 3.05) is 25.9 Å². The fraction of sp³-hybridized carbons (Fsp3) is 0.250. The lowest BCUT2D eigenvalue weighted by molar-refractivity contribution is 0.0601. The molecule has 0 heterocycles. The van der Waals surface area contributed by atoms with Gasteiger partial charge in [0.25, 0.3) is 0 Å². The Hall–Kier alpha value is -1.58. The van der Waals surface area contributed by atoms with E-state index in [2.05, 4.69) is 11.2 Å². The topological polar surface area (TPSA) is 81.6 Å². The Balaban J connectivity index is 0.000000656. The third-order valence-corrected chi connectivity index (χ3v) is 5.04. The number of hydrazine groups is 1. The number of methoxy groups -OCH3 is 1. The predicted molar refractivity (Wildman–Crippen MR) is 128 cm³/mol. The van der Waals surface area contributed by atoms with Gasteiger partial charge in [0.05, 0.1) is 28.9 Å². The zero-order chi connectivity index (χ0) is 22.8. The zero-order valence-corrected chi connectivity index (χ0v) is 20.3. The van der Waals surface area contributed by atoms with Gasteiger partial charge in [0, 0.05) is 45.9 Å². The minimum atomic E-state index is -0.800. The molecule has 0 aliphatic heterocycles. The molecule has 0 fully saturated rings. The van der Waals surface area contributed by atoms with E-state index < -0.39 is 17.6 Å². The summed E-state index contributed by atoms with van der Waals surface area (Å²) in [6.45, 7) is 5.94. The van der Waals surface area contributed by atoms with E-state index in [-0.39, 0.29) is 33.0 Å². The van der Waals surface area contributed by atoms with Crippen molar-refractivity contribution in [2.45, 2.75) is 13.8 Å². The SMILES string of the molecule is CCN(N)CC.COC(=O)c1cc(Cl)c(C#CSI)c(N)c1-c1cc(F)cc(F)c1. The van der Waals surface area contributed by atoms with Crippen LogP contribution in [0.2, 0.25) is 5.02 Å². The molecule has 2 aromatic carbocycles. The molecule has 0 amide bonds. The van der Waals surface area contributed by atoms with E-state index in [9.17, 15) is 13.6 Å². The van der Waals surface area contributed by atoms with E-state index in [1.54, 1.807) is 5.01 Å². The highest BCUT2D eigenvalue weighted by atomic mass is 127. The Kier molecular flexibility index (Phi) is 11.4. The van der Waals surface area contributed by atoms with Crippen LogP contribution in [0.1, 0.15) is 29.8 Å². The Morgan fingerprint density at radius 3 is 2.23 bits per heavy atom.